The number of aryl methyl sites for hydroxylation is 2. The highest BCUT2D eigenvalue weighted by molar-refractivity contribution is 7.11. The van der Waals surface area contributed by atoms with E-state index in [-0.39, 0.29) is 5.92 Å². The number of rotatable bonds is 6. The molecule has 1 atom stereocenters. The van der Waals surface area contributed by atoms with Gasteiger partial charge in [0.15, 0.2) is 0 Å². The lowest BCUT2D eigenvalue weighted by atomic mass is 9.99. The maximum atomic E-state index is 10.6. The van der Waals surface area contributed by atoms with Crippen molar-refractivity contribution in [2.24, 2.45) is 7.05 Å². The normalized spacial score (nSPS) is 15.2. The summed E-state index contributed by atoms with van der Waals surface area (Å²) in [6, 6.07) is 10.3. The number of carboxylic acid groups (broad SMARTS) is 2. The van der Waals surface area contributed by atoms with Crippen LogP contribution in [0.1, 0.15) is 32.8 Å². The largest absolute Gasteiger partial charge is 0.490 e. The number of alkyl halides is 6. The van der Waals surface area contributed by atoms with Gasteiger partial charge in [0.2, 0.25) is 0 Å². The molecule has 0 spiro atoms. The van der Waals surface area contributed by atoms with E-state index >= 15 is 0 Å². The fourth-order valence-electron chi connectivity index (χ4n) is 3.53. The van der Waals surface area contributed by atoms with Gasteiger partial charge in [-0.2, -0.15) is 26.3 Å². The van der Waals surface area contributed by atoms with Gasteiger partial charge in [0.1, 0.15) is 5.69 Å². The Balaban J connectivity index is 0.000000333. The third kappa shape index (κ3) is 10.5. The lowest BCUT2D eigenvalue weighted by Gasteiger charge is -2.31. The van der Waals surface area contributed by atoms with E-state index in [2.05, 4.69) is 39.3 Å². The molecule has 0 saturated carbocycles. The summed E-state index contributed by atoms with van der Waals surface area (Å²) in [7, 11) is 1.97. The number of aliphatic carboxylic acids is 2. The van der Waals surface area contributed by atoms with Crippen molar-refractivity contribution < 1.29 is 50.9 Å². The van der Waals surface area contributed by atoms with E-state index in [0.29, 0.717) is 13.2 Å². The number of aromatic nitrogens is 4. The van der Waals surface area contributed by atoms with Crippen LogP contribution in [0.5, 0.6) is 0 Å². The van der Waals surface area contributed by atoms with E-state index in [1.165, 1.54) is 15.4 Å². The van der Waals surface area contributed by atoms with Gasteiger partial charge in [0.25, 0.3) is 0 Å². The molecular weight excluding hydrogens is 572 g/mol. The van der Waals surface area contributed by atoms with Crippen LogP contribution in [0.25, 0.3) is 0 Å². The van der Waals surface area contributed by atoms with E-state index in [9.17, 15) is 26.3 Å². The number of ether oxygens (including phenoxy) is 1. The third-order valence-corrected chi connectivity index (χ3v) is 6.12. The van der Waals surface area contributed by atoms with Gasteiger partial charge < -0.3 is 14.9 Å². The number of halogens is 6. The van der Waals surface area contributed by atoms with Gasteiger partial charge in [-0.15, -0.1) is 16.4 Å². The molecule has 3 aromatic heterocycles. The monoisotopic (exact) mass is 597 g/mol. The molecule has 40 heavy (non-hydrogen) atoms. The first-order valence-corrected chi connectivity index (χ1v) is 12.1. The SMILES string of the molecule is Cc1ccc(CN2Cc3nnn(C)c3C(COCc3ccccn3)C2)s1.O=C(O)C(F)(F)F.O=C(O)C(F)(F)F. The van der Waals surface area contributed by atoms with E-state index in [4.69, 9.17) is 24.5 Å². The molecule has 1 unspecified atom stereocenters. The van der Waals surface area contributed by atoms with Crippen LogP contribution in [0.15, 0.2) is 36.5 Å². The van der Waals surface area contributed by atoms with Crippen LogP contribution in [0, 0.1) is 6.92 Å². The highest BCUT2D eigenvalue weighted by Gasteiger charge is 2.39. The Morgan fingerprint density at radius 1 is 1.07 bits per heavy atom. The Morgan fingerprint density at radius 2 is 1.70 bits per heavy atom. The summed E-state index contributed by atoms with van der Waals surface area (Å²) in [5, 5.41) is 22.9. The summed E-state index contributed by atoms with van der Waals surface area (Å²) in [4.78, 5) is 27.3. The van der Waals surface area contributed by atoms with E-state index in [0.717, 1.165) is 31.0 Å². The molecule has 0 fully saturated rings. The molecule has 0 aliphatic carbocycles. The molecular formula is C23H25F6N5O5S. The van der Waals surface area contributed by atoms with Crippen molar-refractivity contribution in [2.45, 2.75) is 44.9 Å². The van der Waals surface area contributed by atoms with Crippen molar-refractivity contribution in [1.82, 2.24) is 24.9 Å². The van der Waals surface area contributed by atoms with Gasteiger partial charge in [-0.05, 0) is 31.2 Å². The van der Waals surface area contributed by atoms with E-state index < -0.39 is 24.3 Å². The average Bonchev–Trinajstić information content (AvgIpc) is 3.44. The van der Waals surface area contributed by atoms with Gasteiger partial charge >= 0.3 is 24.3 Å². The van der Waals surface area contributed by atoms with Crippen LogP contribution in [0.4, 0.5) is 26.3 Å². The van der Waals surface area contributed by atoms with Crippen LogP contribution in [-0.4, -0.2) is 72.5 Å². The number of nitrogens with zero attached hydrogens (tertiary/aromatic N) is 5. The Bertz CT molecular complexity index is 1220. The van der Waals surface area contributed by atoms with E-state index in [1.807, 2.05) is 41.3 Å². The van der Waals surface area contributed by atoms with Crippen molar-refractivity contribution in [3.8, 4) is 0 Å². The molecule has 0 aromatic carbocycles. The molecule has 10 nitrogen and oxygen atoms in total. The minimum Gasteiger partial charge on any atom is -0.475 e. The molecule has 220 valence electrons. The summed E-state index contributed by atoms with van der Waals surface area (Å²) in [6.07, 6.45) is -8.37. The van der Waals surface area contributed by atoms with Crippen molar-refractivity contribution in [3.63, 3.8) is 0 Å². The van der Waals surface area contributed by atoms with Gasteiger partial charge in [0, 0.05) is 48.6 Å². The number of carboxylic acids is 2. The summed E-state index contributed by atoms with van der Waals surface area (Å²) in [6.45, 7) is 6.07. The highest BCUT2D eigenvalue weighted by Crippen LogP contribution is 2.29. The molecule has 17 heteroatoms. The highest BCUT2D eigenvalue weighted by atomic mass is 32.1. The van der Waals surface area contributed by atoms with Crippen molar-refractivity contribution in [2.75, 3.05) is 13.2 Å². The van der Waals surface area contributed by atoms with Crippen LogP contribution in [0.3, 0.4) is 0 Å². The summed E-state index contributed by atoms with van der Waals surface area (Å²) in [5.41, 5.74) is 3.22. The first kappa shape index (κ1) is 32.6. The first-order valence-electron chi connectivity index (χ1n) is 11.3. The van der Waals surface area contributed by atoms with Crippen molar-refractivity contribution >= 4 is 23.3 Å². The Kier molecular flexibility index (Phi) is 11.6. The smallest absolute Gasteiger partial charge is 0.475 e. The molecule has 3 aromatic rings. The van der Waals surface area contributed by atoms with Crippen molar-refractivity contribution in [3.05, 3.63) is 63.4 Å². The molecule has 2 N–H and O–H groups in total. The summed E-state index contributed by atoms with van der Waals surface area (Å²) >= 11 is 1.86. The van der Waals surface area contributed by atoms with Gasteiger partial charge in [-0.1, -0.05) is 11.3 Å². The lowest BCUT2D eigenvalue weighted by Crippen LogP contribution is -2.35. The Hall–Kier alpha value is -3.57. The van der Waals surface area contributed by atoms with Gasteiger partial charge in [0.05, 0.1) is 24.6 Å². The fraction of sp³-hybridized carbons (Fsp3) is 0.435. The van der Waals surface area contributed by atoms with Crippen LogP contribution >= 0.6 is 11.3 Å². The predicted molar refractivity (Wildman–Crippen MR) is 128 cm³/mol. The second-order valence-electron chi connectivity index (χ2n) is 8.37. The van der Waals surface area contributed by atoms with Gasteiger partial charge in [-0.25, -0.2) is 9.59 Å². The third-order valence-electron chi connectivity index (χ3n) is 5.14. The molecule has 0 amide bonds. The maximum Gasteiger partial charge on any atom is 0.490 e. The Morgan fingerprint density at radius 3 is 2.20 bits per heavy atom. The quantitative estimate of drug-likeness (QED) is 0.402. The predicted octanol–water partition coefficient (Wildman–Crippen LogP) is 4.16. The minimum atomic E-state index is -5.08. The molecule has 0 bridgehead atoms. The molecule has 1 aliphatic heterocycles. The summed E-state index contributed by atoms with van der Waals surface area (Å²) in [5.74, 6) is -5.25. The van der Waals surface area contributed by atoms with E-state index in [1.54, 1.807) is 6.20 Å². The first-order chi connectivity index (χ1) is 18.6. The van der Waals surface area contributed by atoms with Gasteiger partial charge in [-0.3, -0.25) is 14.6 Å². The molecule has 4 rings (SSSR count). The second-order valence-corrected chi connectivity index (χ2v) is 9.74. The molecule has 0 saturated heterocycles. The van der Waals surface area contributed by atoms with Crippen molar-refractivity contribution in [1.29, 1.82) is 0 Å². The lowest BCUT2D eigenvalue weighted by molar-refractivity contribution is -0.193. The maximum absolute atomic E-state index is 10.6. The zero-order chi connectivity index (χ0) is 30.1. The zero-order valence-electron chi connectivity index (χ0n) is 21.1. The van der Waals surface area contributed by atoms with Crippen LogP contribution in [0.2, 0.25) is 0 Å². The van der Waals surface area contributed by atoms with Crippen LogP contribution in [-0.2, 0) is 41.1 Å². The molecule has 1 aliphatic rings. The number of pyridine rings is 1. The average molecular weight is 598 g/mol. The number of carbonyl (C=O) groups is 2. The molecule has 0 radical (unpaired) electrons. The number of hydrogen-bond acceptors (Lipinski definition) is 8. The standard InChI is InChI=1S/C19H23N5OS.2C2HF3O2/c1-14-6-7-17(26-14)10-24-9-15(19-18(11-24)21-22-23(19)2)12-25-13-16-5-3-4-8-20-16;2*3-2(4,5)1(6)7/h3-8,15H,9-13H2,1-2H3;2*(H,6,7). The number of fused-ring (bicyclic) bond motifs is 1. The minimum absolute atomic E-state index is 0.267. The number of hydrogen-bond donors (Lipinski definition) is 2. The topological polar surface area (TPSA) is 131 Å². The zero-order valence-corrected chi connectivity index (χ0v) is 21.9. The summed E-state index contributed by atoms with van der Waals surface area (Å²) < 4.78 is 71.4. The molecule has 4 heterocycles. The van der Waals surface area contributed by atoms with Crippen LogP contribution < -0.4 is 0 Å². The fourth-order valence-corrected chi connectivity index (χ4v) is 4.46. The Labute approximate surface area is 227 Å². The number of thiophene rings is 1. The second kappa shape index (κ2) is 14.2.